The number of hydrogen-bond acceptors (Lipinski definition) is 6. The van der Waals surface area contributed by atoms with E-state index in [2.05, 4.69) is 15.3 Å². The van der Waals surface area contributed by atoms with E-state index in [4.69, 9.17) is 0 Å². The third kappa shape index (κ3) is 2.51. The minimum Gasteiger partial charge on any atom is -0.377 e. The molecule has 0 amide bonds. The molecule has 6 nitrogen and oxygen atoms in total. The summed E-state index contributed by atoms with van der Waals surface area (Å²) in [6.45, 7) is 0.643. The molecule has 0 aliphatic carbocycles. The minimum absolute atomic E-state index is 0.150. The molecule has 0 aromatic carbocycles. The van der Waals surface area contributed by atoms with E-state index in [0.717, 1.165) is 10.6 Å². The number of aromatic nitrogens is 2. The predicted molar refractivity (Wildman–Crippen MR) is 60.3 cm³/mol. The largest absolute Gasteiger partial charge is 0.377 e. The number of nitrogens with zero attached hydrogens (tertiary/aromatic N) is 3. The second-order valence-corrected chi connectivity index (χ2v) is 3.95. The monoisotopic (exact) mass is 236 g/mol. The minimum atomic E-state index is -0.521. The second kappa shape index (κ2) is 4.67. The van der Waals surface area contributed by atoms with Crippen LogP contribution in [0.3, 0.4) is 0 Å². The SMILES string of the molecule is O=[N+]([O-])c1ccc(NCc2cncs2)cn1. The molecule has 0 bridgehead atoms. The van der Waals surface area contributed by atoms with Gasteiger partial charge >= 0.3 is 5.82 Å². The highest BCUT2D eigenvalue weighted by atomic mass is 32.1. The van der Waals surface area contributed by atoms with Crippen molar-refractivity contribution < 1.29 is 4.92 Å². The van der Waals surface area contributed by atoms with Gasteiger partial charge in [-0.25, -0.2) is 0 Å². The summed E-state index contributed by atoms with van der Waals surface area (Å²) in [6.07, 6.45) is 3.22. The van der Waals surface area contributed by atoms with E-state index in [1.165, 1.54) is 12.3 Å². The van der Waals surface area contributed by atoms with Crippen LogP contribution >= 0.6 is 11.3 Å². The number of nitro groups is 1. The molecular formula is C9H8N4O2S. The zero-order valence-corrected chi connectivity index (χ0v) is 8.98. The molecule has 0 aliphatic heterocycles. The third-order valence-corrected chi connectivity index (χ3v) is 2.66. The number of anilines is 1. The maximum atomic E-state index is 10.4. The van der Waals surface area contributed by atoms with Gasteiger partial charge in [-0.2, -0.15) is 0 Å². The molecule has 2 aromatic heterocycles. The Morgan fingerprint density at radius 2 is 2.31 bits per heavy atom. The molecule has 7 heteroatoms. The molecule has 2 heterocycles. The maximum Gasteiger partial charge on any atom is 0.363 e. The number of rotatable bonds is 4. The lowest BCUT2D eigenvalue weighted by Gasteiger charge is -2.01. The average molecular weight is 236 g/mol. The lowest BCUT2D eigenvalue weighted by atomic mass is 10.4. The van der Waals surface area contributed by atoms with Gasteiger partial charge in [-0.1, -0.05) is 0 Å². The molecule has 0 saturated carbocycles. The summed E-state index contributed by atoms with van der Waals surface area (Å²) in [7, 11) is 0. The van der Waals surface area contributed by atoms with Crippen LogP contribution in [0.5, 0.6) is 0 Å². The fourth-order valence-electron chi connectivity index (χ4n) is 1.12. The van der Waals surface area contributed by atoms with Crippen molar-refractivity contribution in [1.29, 1.82) is 0 Å². The van der Waals surface area contributed by atoms with Gasteiger partial charge in [0.2, 0.25) is 0 Å². The van der Waals surface area contributed by atoms with E-state index in [9.17, 15) is 10.1 Å². The van der Waals surface area contributed by atoms with Gasteiger partial charge in [-0.15, -0.1) is 11.3 Å². The van der Waals surface area contributed by atoms with E-state index in [0.29, 0.717) is 6.54 Å². The van der Waals surface area contributed by atoms with Crippen molar-refractivity contribution in [2.24, 2.45) is 0 Å². The van der Waals surface area contributed by atoms with Gasteiger partial charge in [-0.3, -0.25) is 4.98 Å². The fraction of sp³-hybridized carbons (Fsp3) is 0.111. The molecule has 2 rings (SSSR count). The summed E-state index contributed by atoms with van der Waals surface area (Å²) in [5, 5.41) is 13.5. The van der Waals surface area contributed by atoms with Gasteiger partial charge in [0.05, 0.1) is 17.7 Å². The molecule has 0 radical (unpaired) electrons. The molecule has 0 unspecified atom stereocenters. The number of nitrogens with one attached hydrogen (secondary N) is 1. The Morgan fingerprint density at radius 3 is 2.88 bits per heavy atom. The van der Waals surface area contributed by atoms with E-state index in [-0.39, 0.29) is 5.82 Å². The van der Waals surface area contributed by atoms with Gasteiger partial charge < -0.3 is 15.4 Å². The Balaban J connectivity index is 1.98. The second-order valence-electron chi connectivity index (χ2n) is 2.98. The van der Waals surface area contributed by atoms with E-state index in [1.54, 1.807) is 29.1 Å². The van der Waals surface area contributed by atoms with Crippen LogP contribution in [-0.4, -0.2) is 14.9 Å². The van der Waals surface area contributed by atoms with Crippen LogP contribution in [0.15, 0.2) is 30.0 Å². The average Bonchev–Trinajstić information content (AvgIpc) is 2.80. The fourth-order valence-corrected chi connectivity index (χ4v) is 1.65. The third-order valence-electron chi connectivity index (χ3n) is 1.89. The van der Waals surface area contributed by atoms with Gasteiger partial charge in [0.1, 0.15) is 0 Å². The number of pyridine rings is 1. The molecular weight excluding hydrogens is 228 g/mol. The molecule has 2 aromatic rings. The van der Waals surface area contributed by atoms with Crippen molar-refractivity contribution in [2.75, 3.05) is 5.32 Å². The molecule has 16 heavy (non-hydrogen) atoms. The summed E-state index contributed by atoms with van der Waals surface area (Å²) < 4.78 is 0. The van der Waals surface area contributed by atoms with Crippen molar-refractivity contribution >= 4 is 22.8 Å². The first-order valence-electron chi connectivity index (χ1n) is 4.47. The molecule has 1 N–H and O–H groups in total. The van der Waals surface area contributed by atoms with Crippen LogP contribution in [-0.2, 0) is 6.54 Å². The van der Waals surface area contributed by atoms with E-state index in [1.807, 2.05) is 0 Å². The Bertz CT molecular complexity index is 469. The Hall–Kier alpha value is -2.02. The number of thiazole rings is 1. The first-order valence-corrected chi connectivity index (χ1v) is 5.35. The Morgan fingerprint density at radius 1 is 1.44 bits per heavy atom. The Labute approximate surface area is 95.1 Å². The summed E-state index contributed by atoms with van der Waals surface area (Å²) in [4.78, 5) is 18.6. The molecule has 82 valence electrons. The van der Waals surface area contributed by atoms with Crippen LogP contribution in [0, 0.1) is 10.1 Å². The molecule has 0 saturated heterocycles. The predicted octanol–water partition coefficient (Wildman–Crippen LogP) is 2.06. The summed E-state index contributed by atoms with van der Waals surface area (Å²) >= 11 is 1.55. The normalized spacial score (nSPS) is 10.0. The van der Waals surface area contributed by atoms with Crippen molar-refractivity contribution in [3.63, 3.8) is 0 Å². The maximum absolute atomic E-state index is 10.4. The van der Waals surface area contributed by atoms with Crippen molar-refractivity contribution in [1.82, 2.24) is 9.97 Å². The topological polar surface area (TPSA) is 81.0 Å². The smallest absolute Gasteiger partial charge is 0.363 e. The van der Waals surface area contributed by atoms with E-state index < -0.39 is 4.92 Å². The highest BCUT2D eigenvalue weighted by Gasteiger charge is 2.05. The Kier molecular flexibility index (Phi) is 3.06. The van der Waals surface area contributed by atoms with Crippen LogP contribution in [0.1, 0.15) is 4.88 Å². The molecule has 0 spiro atoms. The summed E-state index contributed by atoms with van der Waals surface area (Å²) in [5.74, 6) is -0.150. The zero-order chi connectivity index (χ0) is 11.4. The summed E-state index contributed by atoms with van der Waals surface area (Å²) in [6, 6.07) is 3.00. The van der Waals surface area contributed by atoms with Gasteiger partial charge in [0, 0.05) is 17.1 Å². The molecule has 0 fully saturated rings. The standard InChI is InChI=1S/C9H8N4O2S/c14-13(15)9-2-1-7(3-12-9)11-5-8-4-10-6-16-8/h1-4,6,11H,5H2. The summed E-state index contributed by atoms with van der Waals surface area (Å²) in [5.41, 5.74) is 2.50. The number of hydrogen-bond donors (Lipinski definition) is 1. The van der Waals surface area contributed by atoms with Crippen molar-refractivity contribution in [3.05, 3.63) is 45.0 Å². The van der Waals surface area contributed by atoms with E-state index >= 15 is 0 Å². The van der Waals surface area contributed by atoms with Crippen LogP contribution in [0.4, 0.5) is 11.5 Å². The highest BCUT2D eigenvalue weighted by molar-refractivity contribution is 7.09. The zero-order valence-electron chi connectivity index (χ0n) is 8.16. The van der Waals surface area contributed by atoms with Crippen LogP contribution < -0.4 is 5.32 Å². The first-order chi connectivity index (χ1) is 7.75. The van der Waals surface area contributed by atoms with Crippen LogP contribution in [0.2, 0.25) is 0 Å². The molecule has 0 atom stereocenters. The lowest BCUT2D eigenvalue weighted by molar-refractivity contribution is -0.389. The van der Waals surface area contributed by atoms with Gasteiger partial charge in [-0.05, 0) is 16.0 Å². The molecule has 0 aliphatic rings. The highest BCUT2D eigenvalue weighted by Crippen LogP contribution is 2.13. The van der Waals surface area contributed by atoms with Gasteiger partial charge in [0.15, 0.2) is 6.20 Å². The van der Waals surface area contributed by atoms with Crippen molar-refractivity contribution in [2.45, 2.75) is 6.54 Å². The quantitative estimate of drug-likeness (QED) is 0.649. The van der Waals surface area contributed by atoms with Crippen molar-refractivity contribution in [3.8, 4) is 0 Å². The lowest BCUT2D eigenvalue weighted by Crippen LogP contribution is -1.99. The first kappa shape index (κ1) is 10.5. The van der Waals surface area contributed by atoms with Gasteiger partial charge in [0.25, 0.3) is 0 Å². The van der Waals surface area contributed by atoms with Crippen LogP contribution in [0.25, 0.3) is 0 Å².